The molecule has 2 heterocycles. The molecule has 1 aromatic heterocycles. The fourth-order valence-corrected chi connectivity index (χ4v) is 3.90. The number of rotatable bonds is 7. The Morgan fingerprint density at radius 2 is 1.90 bits per heavy atom. The van der Waals surface area contributed by atoms with Gasteiger partial charge in [-0.25, -0.2) is 9.97 Å². The normalized spacial score (nSPS) is 16.7. The molecule has 0 unspecified atom stereocenters. The number of anilines is 1. The van der Waals surface area contributed by atoms with E-state index in [1.165, 1.54) is 37.6 Å². The Kier molecular flexibility index (Phi) is 7.77. The third-order valence-electron chi connectivity index (χ3n) is 4.89. The Labute approximate surface area is 183 Å². The van der Waals surface area contributed by atoms with Gasteiger partial charge < -0.3 is 15.0 Å². The quantitative estimate of drug-likeness (QED) is 0.624. The van der Waals surface area contributed by atoms with Crippen molar-refractivity contribution in [2.75, 3.05) is 31.7 Å². The van der Waals surface area contributed by atoms with E-state index in [2.05, 4.69) is 38.2 Å². The van der Waals surface area contributed by atoms with Crippen LogP contribution in [0.2, 0.25) is 0 Å². The molecule has 1 aliphatic heterocycles. The van der Waals surface area contributed by atoms with Gasteiger partial charge in [0.15, 0.2) is 6.29 Å². The maximum absolute atomic E-state index is 12.5. The van der Waals surface area contributed by atoms with Gasteiger partial charge in [0.1, 0.15) is 5.75 Å². The molecule has 0 bridgehead atoms. The van der Waals surface area contributed by atoms with Crippen LogP contribution in [0.3, 0.4) is 0 Å². The predicted octanol–water partition coefficient (Wildman–Crippen LogP) is 4.34. The van der Waals surface area contributed by atoms with E-state index < -0.39 is 6.36 Å². The van der Waals surface area contributed by atoms with Crippen LogP contribution in [0, 0.1) is 0 Å². The summed E-state index contributed by atoms with van der Waals surface area (Å²) in [4.78, 5) is 20.8. The van der Waals surface area contributed by atoms with Gasteiger partial charge in [-0.2, -0.15) is 11.8 Å². The van der Waals surface area contributed by atoms with Gasteiger partial charge in [-0.1, -0.05) is 6.07 Å². The minimum atomic E-state index is -4.72. The minimum Gasteiger partial charge on any atom is -0.406 e. The molecular weight excluding hydrogens is 429 g/mol. The van der Waals surface area contributed by atoms with E-state index in [0.29, 0.717) is 23.3 Å². The van der Waals surface area contributed by atoms with Crippen molar-refractivity contribution >= 4 is 24.0 Å². The summed E-state index contributed by atoms with van der Waals surface area (Å²) in [6.07, 6.45) is 2.75. The van der Waals surface area contributed by atoms with Crippen LogP contribution < -0.4 is 10.1 Å². The lowest BCUT2D eigenvalue weighted by molar-refractivity contribution is -0.274. The number of aldehydes is 1. The highest BCUT2D eigenvalue weighted by Gasteiger charge is 2.32. The van der Waals surface area contributed by atoms with Crippen molar-refractivity contribution < 1.29 is 22.7 Å². The van der Waals surface area contributed by atoms with E-state index in [-0.39, 0.29) is 18.2 Å². The molecular formula is C21H25F3N4O2S. The number of hydrogen-bond donors (Lipinski definition) is 1. The summed E-state index contributed by atoms with van der Waals surface area (Å²) in [7, 11) is 2.16. The Bertz CT molecular complexity index is 870. The zero-order valence-corrected chi connectivity index (χ0v) is 18.2. The number of nitrogens with one attached hydrogen (secondary N) is 1. The van der Waals surface area contributed by atoms with Gasteiger partial charge in [-0.3, -0.25) is 4.79 Å². The topological polar surface area (TPSA) is 67.4 Å². The van der Waals surface area contributed by atoms with Gasteiger partial charge in [0, 0.05) is 37.3 Å². The smallest absolute Gasteiger partial charge is 0.406 e. The fourth-order valence-electron chi connectivity index (χ4n) is 3.10. The summed E-state index contributed by atoms with van der Waals surface area (Å²) in [5, 5.41) is 3.85. The standard InChI is InChI=1S/C16H14F3N3O2.C5H11NS/c17-16(18,19)24-14-4-10(3-13(5-14)12-1-2-12)6-20-15-21-7-11(9-23)8-22-15;1-6-3-5(4-6)7-2/h3-5,7-9,12H,1-2,6H2,(H,20,21,22);5H,3-4H2,1-2H3. The minimum absolute atomic E-state index is 0.221. The second-order valence-electron chi connectivity index (χ2n) is 7.62. The molecule has 0 spiro atoms. The number of benzene rings is 1. The Balaban J connectivity index is 0.000000330. The third kappa shape index (κ3) is 7.70. The fraction of sp³-hybridized carbons (Fsp3) is 0.476. The summed E-state index contributed by atoms with van der Waals surface area (Å²) >= 11 is 1.97. The summed E-state index contributed by atoms with van der Waals surface area (Å²) in [6.45, 7) is 2.83. The lowest BCUT2D eigenvalue weighted by atomic mass is 10.1. The molecule has 0 atom stereocenters. The molecule has 2 fully saturated rings. The van der Waals surface area contributed by atoms with E-state index in [1.807, 2.05) is 17.8 Å². The summed E-state index contributed by atoms with van der Waals surface area (Å²) in [5.41, 5.74) is 1.82. The van der Waals surface area contributed by atoms with Gasteiger partial charge in [0.05, 0.1) is 5.56 Å². The number of carbonyl (C=O) groups excluding carboxylic acids is 1. The Morgan fingerprint density at radius 1 is 1.23 bits per heavy atom. The number of likely N-dealkylation sites (tertiary alicyclic amines) is 1. The maximum Gasteiger partial charge on any atom is 0.573 e. The molecule has 31 heavy (non-hydrogen) atoms. The van der Waals surface area contributed by atoms with E-state index in [9.17, 15) is 18.0 Å². The summed E-state index contributed by atoms with van der Waals surface area (Å²) in [6, 6.07) is 4.63. The van der Waals surface area contributed by atoms with Crippen LogP contribution in [0.1, 0.15) is 40.2 Å². The van der Waals surface area contributed by atoms with Gasteiger partial charge >= 0.3 is 6.36 Å². The number of nitrogens with zero attached hydrogens (tertiary/aromatic N) is 3. The highest BCUT2D eigenvalue weighted by Crippen LogP contribution is 2.42. The number of alkyl halides is 3. The largest absolute Gasteiger partial charge is 0.573 e. The summed E-state index contributed by atoms with van der Waals surface area (Å²) < 4.78 is 41.4. The number of halogens is 3. The van der Waals surface area contributed by atoms with Crippen LogP contribution in [-0.2, 0) is 6.54 Å². The molecule has 1 aromatic carbocycles. The number of aromatic nitrogens is 2. The van der Waals surface area contributed by atoms with Crippen molar-refractivity contribution in [3.63, 3.8) is 0 Å². The lowest BCUT2D eigenvalue weighted by Crippen LogP contribution is -2.45. The van der Waals surface area contributed by atoms with Crippen molar-refractivity contribution in [1.29, 1.82) is 0 Å². The molecule has 0 radical (unpaired) electrons. The Morgan fingerprint density at radius 3 is 2.39 bits per heavy atom. The zero-order chi connectivity index (χ0) is 22.4. The SMILES string of the molecule is CSC1CN(C)C1.O=Cc1cnc(NCc2cc(OC(F)(F)F)cc(C3CC3)c2)nc1. The van der Waals surface area contributed by atoms with Crippen LogP contribution in [0.4, 0.5) is 19.1 Å². The monoisotopic (exact) mass is 454 g/mol. The maximum atomic E-state index is 12.5. The van der Waals surface area contributed by atoms with Gasteiger partial charge in [0.25, 0.3) is 0 Å². The molecule has 1 aliphatic carbocycles. The molecule has 4 rings (SSSR count). The van der Waals surface area contributed by atoms with Crippen LogP contribution in [0.25, 0.3) is 0 Å². The number of hydrogen-bond acceptors (Lipinski definition) is 7. The molecule has 2 aliphatic rings. The van der Waals surface area contributed by atoms with Crippen LogP contribution in [-0.4, -0.2) is 59.2 Å². The third-order valence-corrected chi connectivity index (χ3v) is 5.86. The molecule has 0 amide bonds. The van der Waals surface area contributed by atoms with E-state index >= 15 is 0 Å². The first kappa shape index (κ1) is 23.3. The first-order valence-electron chi connectivity index (χ1n) is 9.87. The number of ether oxygens (including phenoxy) is 1. The van der Waals surface area contributed by atoms with Gasteiger partial charge in [-0.05, 0) is 55.3 Å². The predicted molar refractivity (Wildman–Crippen MR) is 115 cm³/mol. The second-order valence-corrected chi connectivity index (χ2v) is 8.76. The zero-order valence-electron chi connectivity index (χ0n) is 17.4. The Hall–Kier alpha value is -2.33. The number of carbonyl (C=O) groups is 1. The van der Waals surface area contributed by atoms with Crippen LogP contribution in [0.15, 0.2) is 30.6 Å². The molecule has 6 nitrogen and oxygen atoms in total. The van der Waals surface area contributed by atoms with Crippen LogP contribution in [0.5, 0.6) is 5.75 Å². The molecule has 10 heteroatoms. The van der Waals surface area contributed by atoms with Crippen molar-refractivity contribution in [2.24, 2.45) is 0 Å². The molecule has 1 saturated carbocycles. The lowest BCUT2D eigenvalue weighted by Gasteiger charge is -2.34. The van der Waals surface area contributed by atoms with E-state index in [4.69, 9.17) is 0 Å². The van der Waals surface area contributed by atoms with Crippen molar-refractivity contribution in [3.8, 4) is 5.75 Å². The van der Waals surface area contributed by atoms with Crippen molar-refractivity contribution in [2.45, 2.75) is 36.9 Å². The van der Waals surface area contributed by atoms with Crippen LogP contribution >= 0.6 is 11.8 Å². The van der Waals surface area contributed by atoms with Crippen molar-refractivity contribution in [1.82, 2.24) is 14.9 Å². The highest BCUT2D eigenvalue weighted by atomic mass is 32.2. The first-order valence-corrected chi connectivity index (χ1v) is 11.2. The molecule has 2 aromatic rings. The second kappa shape index (κ2) is 10.3. The number of thioether (sulfide) groups is 1. The molecule has 1 N–H and O–H groups in total. The van der Waals surface area contributed by atoms with Gasteiger partial charge in [0.2, 0.25) is 5.95 Å². The van der Waals surface area contributed by atoms with E-state index in [1.54, 1.807) is 0 Å². The average Bonchev–Trinajstić information content (AvgIpc) is 3.55. The average molecular weight is 455 g/mol. The molecule has 1 saturated heterocycles. The summed E-state index contributed by atoms with van der Waals surface area (Å²) in [5.74, 6) is 0.361. The van der Waals surface area contributed by atoms with Gasteiger partial charge in [-0.15, -0.1) is 13.2 Å². The highest BCUT2D eigenvalue weighted by molar-refractivity contribution is 7.99. The van der Waals surface area contributed by atoms with Crippen molar-refractivity contribution in [3.05, 3.63) is 47.3 Å². The molecule has 168 valence electrons. The van der Waals surface area contributed by atoms with E-state index in [0.717, 1.165) is 23.7 Å². The first-order chi connectivity index (χ1) is 14.8.